The van der Waals surface area contributed by atoms with Crippen LogP contribution in [-0.4, -0.2) is 17.8 Å². The Labute approximate surface area is 112 Å². The van der Waals surface area contributed by atoms with Gasteiger partial charge in [-0.2, -0.15) is 0 Å². The van der Waals surface area contributed by atoms with Gasteiger partial charge in [0.1, 0.15) is 0 Å². The van der Waals surface area contributed by atoms with Crippen LogP contribution < -0.4 is 5.32 Å². The van der Waals surface area contributed by atoms with Gasteiger partial charge in [-0.3, -0.25) is 4.79 Å². The SMILES string of the molecule is Cc1cccc(CCC(=O)NCC(C)CBr)c1. The summed E-state index contributed by atoms with van der Waals surface area (Å²) < 4.78 is 0. The van der Waals surface area contributed by atoms with Crippen molar-refractivity contribution in [3.05, 3.63) is 35.4 Å². The van der Waals surface area contributed by atoms with E-state index >= 15 is 0 Å². The molecule has 0 radical (unpaired) electrons. The molecule has 94 valence electrons. The summed E-state index contributed by atoms with van der Waals surface area (Å²) in [5, 5.41) is 3.87. The van der Waals surface area contributed by atoms with Crippen molar-refractivity contribution in [3.8, 4) is 0 Å². The molecule has 1 N–H and O–H groups in total. The second kappa shape index (κ2) is 7.49. The van der Waals surface area contributed by atoms with Crippen LogP contribution in [0.25, 0.3) is 0 Å². The molecule has 2 nitrogen and oxygen atoms in total. The topological polar surface area (TPSA) is 29.1 Å². The van der Waals surface area contributed by atoms with Crippen molar-refractivity contribution in [3.63, 3.8) is 0 Å². The Morgan fingerprint density at radius 3 is 2.88 bits per heavy atom. The van der Waals surface area contributed by atoms with Crippen LogP contribution in [-0.2, 0) is 11.2 Å². The zero-order valence-electron chi connectivity index (χ0n) is 10.5. The molecule has 1 aromatic carbocycles. The molecular weight excluding hydrogens is 278 g/mol. The van der Waals surface area contributed by atoms with E-state index in [1.807, 2.05) is 6.07 Å². The van der Waals surface area contributed by atoms with Crippen LogP contribution in [0.3, 0.4) is 0 Å². The first-order valence-electron chi connectivity index (χ1n) is 6.00. The molecule has 1 atom stereocenters. The first kappa shape index (κ1) is 14.2. The third kappa shape index (κ3) is 5.87. The number of hydrogen-bond donors (Lipinski definition) is 1. The fraction of sp³-hybridized carbons (Fsp3) is 0.500. The van der Waals surface area contributed by atoms with Crippen LogP contribution in [0.15, 0.2) is 24.3 Å². The van der Waals surface area contributed by atoms with Gasteiger partial charge in [0.05, 0.1) is 0 Å². The molecule has 0 fully saturated rings. The third-order valence-corrected chi connectivity index (χ3v) is 3.74. The largest absolute Gasteiger partial charge is 0.356 e. The highest BCUT2D eigenvalue weighted by molar-refractivity contribution is 9.09. The fourth-order valence-electron chi connectivity index (χ4n) is 1.56. The maximum Gasteiger partial charge on any atom is 0.220 e. The molecule has 0 saturated heterocycles. The lowest BCUT2D eigenvalue weighted by molar-refractivity contribution is -0.121. The van der Waals surface area contributed by atoms with Crippen molar-refractivity contribution in [2.24, 2.45) is 5.92 Å². The summed E-state index contributed by atoms with van der Waals surface area (Å²) in [6.45, 7) is 4.93. The summed E-state index contributed by atoms with van der Waals surface area (Å²) in [5.41, 5.74) is 2.48. The number of carbonyl (C=O) groups is 1. The van der Waals surface area contributed by atoms with Gasteiger partial charge in [-0.05, 0) is 24.8 Å². The van der Waals surface area contributed by atoms with Gasteiger partial charge in [0.2, 0.25) is 5.91 Å². The van der Waals surface area contributed by atoms with Crippen LogP contribution in [0.2, 0.25) is 0 Å². The number of carbonyl (C=O) groups excluding carboxylic acids is 1. The van der Waals surface area contributed by atoms with E-state index in [0.717, 1.165) is 18.3 Å². The molecule has 1 unspecified atom stereocenters. The first-order chi connectivity index (χ1) is 8.11. The van der Waals surface area contributed by atoms with Crippen molar-refractivity contribution in [2.45, 2.75) is 26.7 Å². The predicted molar refractivity (Wildman–Crippen MR) is 75.5 cm³/mol. The quantitative estimate of drug-likeness (QED) is 0.803. The van der Waals surface area contributed by atoms with Crippen LogP contribution >= 0.6 is 15.9 Å². The Morgan fingerprint density at radius 2 is 2.24 bits per heavy atom. The van der Waals surface area contributed by atoms with E-state index in [9.17, 15) is 4.79 Å². The Kier molecular flexibility index (Phi) is 6.27. The van der Waals surface area contributed by atoms with Crippen LogP contribution in [0.5, 0.6) is 0 Å². The molecule has 1 amide bonds. The van der Waals surface area contributed by atoms with E-state index in [1.165, 1.54) is 11.1 Å². The predicted octanol–water partition coefficient (Wildman–Crippen LogP) is 3.07. The molecule has 0 aliphatic heterocycles. The maximum absolute atomic E-state index is 11.6. The minimum Gasteiger partial charge on any atom is -0.356 e. The number of alkyl halides is 1. The van der Waals surface area contributed by atoms with E-state index in [1.54, 1.807) is 0 Å². The molecule has 0 saturated carbocycles. The second-order valence-corrected chi connectivity index (χ2v) is 5.20. The summed E-state index contributed by atoms with van der Waals surface area (Å²) in [4.78, 5) is 11.6. The zero-order chi connectivity index (χ0) is 12.7. The van der Waals surface area contributed by atoms with Gasteiger partial charge in [-0.15, -0.1) is 0 Å². The number of aryl methyl sites for hydroxylation is 2. The zero-order valence-corrected chi connectivity index (χ0v) is 12.1. The van der Waals surface area contributed by atoms with Gasteiger partial charge in [-0.25, -0.2) is 0 Å². The normalized spacial score (nSPS) is 12.2. The Morgan fingerprint density at radius 1 is 1.47 bits per heavy atom. The summed E-state index contributed by atoms with van der Waals surface area (Å²) in [5.74, 6) is 0.622. The van der Waals surface area contributed by atoms with E-state index in [4.69, 9.17) is 0 Å². The fourth-order valence-corrected chi connectivity index (χ4v) is 1.79. The second-order valence-electron chi connectivity index (χ2n) is 4.55. The smallest absolute Gasteiger partial charge is 0.220 e. The number of hydrogen-bond acceptors (Lipinski definition) is 1. The lowest BCUT2D eigenvalue weighted by Crippen LogP contribution is -2.28. The first-order valence-corrected chi connectivity index (χ1v) is 7.12. The van der Waals surface area contributed by atoms with Crippen LogP contribution in [0.1, 0.15) is 24.5 Å². The Balaban J connectivity index is 2.28. The highest BCUT2D eigenvalue weighted by Crippen LogP contribution is 2.06. The summed E-state index contributed by atoms with van der Waals surface area (Å²) >= 11 is 3.40. The molecule has 0 bridgehead atoms. The molecule has 3 heteroatoms. The average molecular weight is 298 g/mol. The van der Waals surface area contributed by atoms with Gasteiger partial charge in [0.25, 0.3) is 0 Å². The molecule has 1 aromatic rings. The van der Waals surface area contributed by atoms with Crippen molar-refractivity contribution in [2.75, 3.05) is 11.9 Å². The monoisotopic (exact) mass is 297 g/mol. The van der Waals surface area contributed by atoms with E-state index in [0.29, 0.717) is 12.3 Å². The van der Waals surface area contributed by atoms with Crippen LogP contribution in [0, 0.1) is 12.8 Å². The highest BCUT2D eigenvalue weighted by atomic mass is 79.9. The molecule has 0 aromatic heterocycles. The number of benzene rings is 1. The molecule has 0 heterocycles. The lowest BCUT2D eigenvalue weighted by atomic mass is 10.1. The van der Waals surface area contributed by atoms with Crippen molar-refractivity contribution in [1.29, 1.82) is 0 Å². The highest BCUT2D eigenvalue weighted by Gasteiger charge is 2.04. The maximum atomic E-state index is 11.6. The summed E-state index contributed by atoms with van der Waals surface area (Å²) in [6, 6.07) is 8.31. The summed E-state index contributed by atoms with van der Waals surface area (Å²) in [7, 11) is 0. The van der Waals surface area contributed by atoms with E-state index < -0.39 is 0 Å². The standard InChI is InChI=1S/C14H20BrNO/c1-11-4-3-5-13(8-11)6-7-14(17)16-10-12(2)9-15/h3-5,8,12H,6-7,9-10H2,1-2H3,(H,16,17). The van der Waals surface area contributed by atoms with Crippen molar-refractivity contribution < 1.29 is 4.79 Å². The Hall–Kier alpha value is -0.830. The summed E-state index contributed by atoms with van der Waals surface area (Å²) in [6.07, 6.45) is 1.38. The minimum atomic E-state index is 0.138. The van der Waals surface area contributed by atoms with Crippen molar-refractivity contribution >= 4 is 21.8 Å². The molecule has 0 spiro atoms. The minimum absolute atomic E-state index is 0.138. The number of amides is 1. The van der Waals surface area contributed by atoms with Gasteiger partial charge in [0.15, 0.2) is 0 Å². The average Bonchev–Trinajstić information content (AvgIpc) is 2.33. The molecular formula is C14H20BrNO. The number of halogens is 1. The lowest BCUT2D eigenvalue weighted by Gasteiger charge is -2.09. The van der Waals surface area contributed by atoms with Gasteiger partial charge in [0, 0.05) is 18.3 Å². The Bertz CT molecular complexity index is 365. The van der Waals surface area contributed by atoms with Gasteiger partial charge in [-0.1, -0.05) is 52.7 Å². The van der Waals surface area contributed by atoms with Crippen LogP contribution in [0.4, 0.5) is 0 Å². The van der Waals surface area contributed by atoms with E-state index in [-0.39, 0.29) is 5.91 Å². The number of rotatable bonds is 6. The molecule has 1 rings (SSSR count). The van der Waals surface area contributed by atoms with Gasteiger partial charge >= 0.3 is 0 Å². The van der Waals surface area contributed by atoms with Gasteiger partial charge < -0.3 is 5.32 Å². The molecule has 17 heavy (non-hydrogen) atoms. The third-order valence-electron chi connectivity index (χ3n) is 2.63. The number of nitrogens with one attached hydrogen (secondary N) is 1. The van der Waals surface area contributed by atoms with E-state index in [2.05, 4.69) is 53.3 Å². The molecule has 0 aliphatic rings. The molecule has 0 aliphatic carbocycles. The van der Waals surface area contributed by atoms with Crippen molar-refractivity contribution in [1.82, 2.24) is 5.32 Å².